The van der Waals surface area contributed by atoms with E-state index in [0.29, 0.717) is 38.1 Å². The molecule has 2 heterocycles. The van der Waals surface area contributed by atoms with Gasteiger partial charge in [-0.05, 0) is 34.8 Å². The standard InChI is InChI=1S/C16H19BrN2O3/c17-12-3-6-15(18-9-12)22-14-7-8-19(10-14)16(21)11-1-4-13(20)5-2-11/h3,6,9,11,14H,1-2,4-5,7-8,10H2. The number of halogens is 1. The van der Waals surface area contributed by atoms with Gasteiger partial charge < -0.3 is 9.64 Å². The summed E-state index contributed by atoms with van der Waals surface area (Å²) in [4.78, 5) is 29.8. The average molecular weight is 367 g/mol. The van der Waals surface area contributed by atoms with Gasteiger partial charge in [0.2, 0.25) is 11.8 Å². The molecule has 1 aromatic rings. The molecule has 1 unspecified atom stereocenters. The Morgan fingerprint density at radius 1 is 1.27 bits per heavy atom. The highest BCUT2D eigenvalue weighted by molar-refractivity contribution is 9.10. The normalized spacial score (nSPS) is 22.9. The van der Waals surface area contributed by atoms with Gasteiger partial charge in [0.15, 0.2) is 0 Å². The van der Waals surface area contributed by atoms with Crippen LogP contribution >= 0.6 is 15.9 Å². The molecule has 1 amide bonds. The molecule has 1 saturated heterocycles. The van der Waals surface area contributed by atoms with Crippen LogP contribution in [0.25, 0.3) is 0 Å². The topological polar surface area (TPSA) is 59.5 Å². The lowest BCUT2D eigenvalue weighted by Gasteiger charge is -2.25. The number of Topliss-reactive ketones (excluding diaryl/α,β-unsaturated/α-hetero) is 1. The maximum atomic E-state index is 12.5. The number of ketones is 1. The predicted octanol–water partition coefficient (Wildman–Crippen LogP) is 2.58. The molecule has 3 rings (SSSR count). The Hall–Kier alpha value is -1.43. The molecule has 0 aromatic carbocycles. The van der Waals surface area contributed by atoms with Crippen molar-refractivity contribution in [3.8, 4) is 5.88 Å². The number of likely N-dealkylation sites (tertiary alicyclic amines) is 1. The van der Waals surface area contributed by atoms with E-state index in [9.17, 15) is 9.59 Å². The van der Waals surface area contributed by atoms with Crippen LogP contribution in [0.1, 0.15) is 32.1 Å². The van der Waals surface area contributed by atoms with E-state index in [2.05, 4.69) is 20.9 Å². The quantitative estimate of drug-likeness (QED) is 0.824. The highest BCUT2D eigenvalue weighted by atomic mass is 79.9. The van der Waals surface area contributed by atoms with Gasteiger partial charge in [0.1, 0.15) is 11.9 Å². The number of ether oxygens (including phenoxy) is 1. The monoisotopic (exact) mass is 366 g/mol. The van der Waals surface area contributed by atoms with E-state index in [1.165, 1.54) is 0 Å². The number of aromatic nitrogens is 1. The third-order valence-corrected chi connectivity index (χ3v) is 4.81. The summed E-state index contributed by atoms with van der Waals surface area (Å²) >= 11 is 3.34. The molecule has 5 nitrogen and oxygen atoms in total. The van der Waals surface area contributed by atoms with Crippen molar-refractivity contribution in [2.75, 3.05) is 13.1 Å². The fraction of sp³-hybridized carbons (Fsp3) is 0.562. The number of carbonyl (C=O) groups is 2. The van der Waals surface area contributed by atoms with Gasteiger partial charge in [0.05, 0.1) is 6.54 Å². The fourth-order valence-electron chi connectivity index (χ4n) is 3.07. The number of carbonyl (C=O) groups excluding carboxylic acids is 2. The second kappa shape index (κ2) is 6.77. The Morgan fingerprint density at radius 3 is 2.73 bits per heavy atom. The Bertz CT molecular complexity index is 551. The van der Waals surface area contributed by atoms with Crippen molar-refractivity contribution in [2.45, 2.75) is 38.2 Å². The van der Waals surface area contributed by atoms with E-state index in [1.807, 2.05) is 17.0 Å². The zero-order valence-corrected chi connectivity index (χ0v) is 13.9. The van der Waals surface area contributed by atoms with Gasteiger partial charge in [0, 0.05) is 48.5 Å². The summed E-state index contributed by atoms with van der Waals surface area (Å²) in [5.74, 6) is 1.07. The van der Waals surface area contributed by atoms with Gasteiger partial charge in [-0.15, -0.1) is 0 Å². The van der Waals surface area contributed by atoms with Gasteiger partial charge in [0.25, 0.3) is 0 Å². The van der Waals surface area contributed by atoms with Crippen molar-refractivity contribution in [2.24, 2.45) is 5.92 Å². The Kier molecular flexibility index (Phi) is 4.76. The molecule has 1 aliphatic carbocycles. The molecule has 1 atom stereocenters. The van der Waals surface area contributed by atoms with Crippen LogP contribution in [0.4, 0.5) is 0 Å². The molecule has 22 heavy (non-hydrogen) atoms. The van der Waals surface area contributed by atoms with E-state index < -0.39 is 0 Å². The van der Waals surface area contributed by atoms with Gasteiger partial charge in [-0.25, -0.2) is 4.98 Å². The molecule has 0 spiro atoms. The van der Waals surface area contributed by atoms with E-state index >= 15 is 0 Å². The van der Waals surface area contributed by atoms with E-state index in [4.69, 9.17) is 4.74 Å². The first-order valence-electron chi connectivity index (χ1n) is 7.70. The van der Waals surface area contributed by atoms with Gasteiger partial charge >= 0.3 is 0 Å². The Morgan fingerprint density at radius 2 is 2.05 bits per heavy atom. The molecule has 1 aromatic heterocycles. The van der Waals surface area contributed by atoms with E-state index in [1.54, 1.807) is 6.20 Å². The molecule has 0 bridgehead atoms. The molecule has 1 saturated carbocycles. The Labute approximate surface area is 138 Å². The summed E-state index contributed by atoms with van der Waals surface area (Å²) in [6, 6.07) is 3.71. The second-order valence-corrected chi connectivity index (χ2v) is 6.86. The molecule has 2 aliphatic rings. The summed E-state index contributed by atoms with van der Waals surface area (Å²) in [7, 11) is 0. The smallest absolute Gasteiger partial charge is 0.225 e. The lowest BCUT2D eigenvalue weighted by Crippen LogP contribution is -2.37. The predicted molar refractivity (Wildman–Crippen MR) is 84.5 cm³/mol. The van der Waals surface area contributed by atoms with Crippen LogP contribution in [-0.2, 0) is 9.59 Å². The molecule has 0 radical (unpaired) electrons. The van der Waals surface area contributed by atoms with Crippen LogP contribution in [0.5, 0.6) is 5.88 Å². The summed E-state index contributed by atoms with van der Waals surface area (Å²) in [5, 5.41) is 0. The largest absolute Gasteiger partial charge is 0.472 e. The number of amides is 1. The summed E-state index contributed by atoms with van der Waals surface area (Å²) < 4.78 is 6.75. The summed E-state index contributed by atoms with van der Waals surface area (Å²) in [6.07, 6.45) is 5.03. The van der Waals surface area contributed by atoms with Gasteiger partial charge in [-0.2, -0.15) is 0 Å². The number of hydrogen-bond acceptors (Lipinski definition) is 4. The molecular weight excluding hydrogens is 348 g/mol. The van der Waals surface area contributed by atoms with Crippen molar-refractivity contribution in [3.63, 3.8) is 0 Å². The van der Waals surface area contributed by atoms with Gasteiger partial charge in [-0.1, -0.05) is 0 Å². The zero-order valence-electron chi connectivity index (χ0n) is 12.3. The number of hydrogen-bond donors (Lipinski definition) is 0. The van der Waals surface area contributed by atoms with Crippen LogP contribution in [0.15, 0.2) is 22.8 Å². The van der Waals surface area contributed by atoms with Crippen molar-refractivity contribution < 1.29 is 14.3 Å². The first-order chi connectivity index (χ1) is 10.6. The SMILES string of the molecule is O=C1CCC(C(=O)N2CCC(Oc3ccc(Br)cn3)C2)CC1. The zero-order chi connectivity index (χ0) is 15.5. The van der Waals surface area contributed by atoms with Crippen molar-refractivity contribution in [1.82, 2.24) is 9.88 Å². The fourth-order valence-corrected chi connectivity index (χ4v) is 3.31. The maximum absolute atomic E-state index is 12.5. The van der Waals surface area contributed by atoms with Crippen LogP contribution in [0, 0.1) is 5.92 Å². The van der Waals surface area contributed by atoms with E-state index in [0.717, 1.165) is 17.4 Å². The molecule has 6 heteroatoms. The second-order valence-electron chi connectivity index (χ2n) is 5.94. The van der Waals surface area contributed by atoms with Crippen molar-refractivity contribution >= 4 is 27.6 Å². The number of pyridine rings is 1. The molecule has 118 valence electrons. The molecule has 1 aliphatic heterocycles. The van der Waals surface area contributed by atoms with Crippen molar-refractivity contribution in [1.29, 1.82) is 0 Å². The summed E-state index contributed by atoms with van der Waals surface area (Å²) in [6.45, 7) is 1.34. The first-order valence-corrected chi connectivity index (χ1v) is 8.50. The van der Waals surface area contributed by atoms with Gasteiger partial charge in [-0.3, -0.25) is 9.59 Å². The third kappa shape index (κ3) is 3.66. The lowest BCUT2D eigenvalue weighted by molar-refractivity contribution is -0.136. The average Bonchev–Trinajstić information content (AvgIpc) is 2.98. The van der Waals surface area contributed by atoms with Crippen molar-refractivity contribution in [3.05, 3.63) is 22.8 Å². The lowest BCUT2D eigenvalue weighted by atomic mass is 9.87. The Balaban J connectivity index is 1.52. The summed E-state index contributed by atoms with van der Waals surface area (Å²) in [5.41, 5.74) is 0. The third-order valence-electron chi connectivity index (χ3n) is 4.34. The molecule has 2 fully saturated rings. The highest BCUT2D eigenvalue weighted by Gasteiger charge is 2.33. The van der Waals surface area contributed by atoms with Crippen LogP contribution < -0.4 is 4.74 Å². The van der Waals surface area contributed by atoms with E-state index in [-0.39, 0.29) is 23.7 Å². The molecule has 0 N–H and O–H groups in total. The molecular formula is C16H19BrN2O3. The maximum Gasteiger partial charge on any atom is 0.225 e. The van der Waals surface area contributed by atoms with Crippen LogP contribution in [0.3, 0.4) is 0 Å². The minimum Gasteiger partial charge on any atom is -0.472 e. The van der Waals surface area contributed by atoms with Crippen LogP contribution in [-0.4, -0.2) is 40.8 Å². The minimum atomic E-state index is 0.00264. The van der Waals surface area contributed by atoms with Crippen LogP contribution in [0.2, 0.25) is 0 Å². The highest BCUT2D eigenvalue weighted by Crippen LogP contribution is 2.26. The minimum absolute atomic E-state index is 0.00264. The number of nitrogens with zero attached hydrogens (tertiary/aromatic N) is 2. The number of rotatable bonds is 3. The first kappa shape index (κ1) is 15.5.